The molecule has 3 heterocycles. The van der Waals surface area contributed by atoms with Crippen molar-refractivity contribution in [1.82, 2.24) is 15.2 Å². The van der Waals surface area contributed by atoms with Gasteiger partial charge in [0.2, 0.25) is 0 Å². The molecule has 1 fully saturated rings. The van der Waals surface area contributed by atoms with Crippen LogP contribution in [-0.4, -0.2) is 40.8 Å². The molecule has 0 saturated carbocycles. The largest absolute Gasteiger partial charge is 0.459 e. The quantitative estimate of drug-likeness (QED) is 0.728. The van der Waals surface area contributed by atoms with E-state index in [4.69, 9.17) is 4.42 Å². The van der Waals surface area contributed by atoms with Gasteiger partial charge in [-0.05, 0) is 49.2 Å². The third-order valence-corrected chi connectivity index (χ3v) is 5.57. The summed E-state index contributed by atoms with van der Waals surface area (Å²) in [5.41, 5.74) is 1.12. The van der Waals surface area contributed by atoms with Crippen molar-refractivity contribution < 1.29 is 18.4 Å². The molecule has 0 radical (unpaired) electrons. The number of nitrogens with one attached hydrogen (secondary N) is 1. The van der Waals surface area contributed by atoms with Gasteiger partial charge in [0, 0.05) is 30.1 Å². The maximum absolute atomic E-state index is 13.0. The van der Waals surface area contributed by atoms with Gasteiger partial charge in [0.15, 0.2) is 5.76 Å². The molecule has 0 bridgehead atoms. The van der Waals surface area contributed by atoms with Crippen LogP contribution in [0.1, 0.15) is 33.9 Å². The number of halogens is 1. The van der Waals surface area contributed by atoms with Gasteiger partial charge in [-0.3, -0.25) is 9.59 Å². The molecular weight excluding hydrogens is 381 g/mol. The van der Waals surface area contributed by atoms with Crippen LogP contribution in [0.4, 0.5) is 4.39 Å². The highest BCUT2D eigenvalue weighted by Gasteiger charge is 2.26. The van der Waals surface area contributed by atoms with Crippen LogP contribution in [0.15, 0.2) is 52.5 Å². The summed E-state index contributed by atoms with van der Waals surface area (Å²) in [6, 6.07) is 9.35. The van der Waals surface area contributed by atoms with Gasteiger partial charge in [-0.1, -0.05) is 0 Å². The maximum Gasteiger partial charge on any atom is 0.289 e. The second-order valence-corrected chi connectivity index (χ2v) is 7.42. The third-order valence-electron chi connectivity index (χ3n) is 4.68. The average molecular weight is 399 g/mol. The van der Waals surface area contributed by atoms with Gasteiger partial charge in [0.05, 0.1) is 6.26 Å². The second kappa shape index (κ2) is 7.93. The molecule has 0 spiro atoms. The summed E-state index contributed by atoms with van der Waals surface area (Å²) in [6.45, 7) is 1.12. The van der Waals surface area contributed by atoms with Crippen LogP contribution in [0, 0.1) is 5.82 Å². The molecule has 1 N–H and O–H groups in total. The van der Waals surface area contributed by atoms with Crippen molar-refractivity contribution in [2.24, 2.45) is 0 Å². The van der Waals surface area contributed by atoms with E-state index in [2.05, 4.69) is 10.3 Å². The number of rotatable bonds is 4. The second-order valence-electron chi connectivity index (χ2n) is 6.56. The molecule has 1 aromatic carbocycles. The van der Waals surface area contributed by atoms with Crippen molar-refractivity contribution in [3.63, 3.8) is 0 Å². The zero-order valence-electron chi connectivity index (χ0n) is 14.9. The summed E-state index contributed by atoms with van der Waals surface area (Å²) in [4.78, 5) is 30.9. The molecule has 2 aromatic heterocycles. The van der Waals surface area contributed by atoms with Gasteiger partial charge in [-0.15, -0.1) is 11.3 Å². The number of nitrogens with zero attached hydrogens (tertiary/aromatic N) is 2. The zero-order chi connectivity index (χ0) is 19.5. The van der Waals surface area contributed by atoms with Gasteiger partial charge in [0.25, 0.3) is 11.8 Å². The minimum absolute atomic E-state index is 0.0101. The Bertz CT molecular complexity index is 961. The van der Waals surface area contributed by atoms with E-state index in [1.54, 1.807) is 34.5 Å². The molecule has 8 heteroatoms. The number of aromatic nitrogens is 1. The van der Waals surface area contributed by atoms with Crippen LogP contribution in [-0.2, 0) is 0 Å². The van der Waals surface area contributed by atoms with Crippen molar-refractivity contribution in [2.45, 2.75) is 18.9 Å². The third kappa shape index (κ3) is 3.96. The van der Waals surface area contributed by atoms with Crippen LogP contribution in [0.3, 0.4) is 0 Å². The lowest BCUT2D eigenvalue weighted by atomic mass is 10.0. The molecule has 0 aliphatic carbocycles. The number of carbonyl (C=O) groups excluding carboxylic acids is 2. The van der Waals surface area contributed by atoms with E-state index in [1.165, 1.54) is 29.7 Å². The van der Waals surface area contributed by atoms with E-state index in [1.807, 2.05) is 0 Å². The number of hydrogen-bond acceptors (Lipinski definition) is 5. The van der Waals surface area contributed by atoms with Crippen molar-refractivity contribution >= 4 is 23.2 Å². The fraction of sp³-hybridized carbons (Fsp3) is 0.250. The molecule has 144 valence electrons. The van der Waals surface area contributed by atoms with E-state index in [0.717, 1.165) is 5.56 Å². The van der Waals surface area contributed by atoms with E-state index < -0.39 is 0 Å². The Morgan fingerprint density at radius 1 is 1.18 bits per heavy atom. The Hall–Kier alpha value is -3.00. The number of likely N-dealkylation sites (tertiary alicyclic amines) is 1. The first-order valence-electron chi connectivity index (χ1n) is 8.95. The zero-order valence-corrected chi connectivity index (χ0v) is 15.7. The molecular formula is C20H18FN3O3S. The monoisotopic (exact) mass is 399 g/mol. The fourth-order valence-electron chi connectivity index (χ4n) is 3.15. The molecule has 0 atom stereocenters. The van der Waals surface area contributed by atoms with Gasteiger partial charge in [-0.2, -0.15) is 0 Å². The molecule has 2 amide bonds. The smallest absolute Gasteiger partial charge is 0.289 e. The molecule has 1 aliphatic rings. The van der Waals surface area contributed by atoms with Crippen molar-refractivity contribution in [3.8, 4) is 10.6 Å². The molecule has 4 rings (SSSR count). The van der Waals surface area contributed by atoms with Gasteiger partial charge in [0.1, 0.15) is 16.5 Å². The summed E-state index contributed by atoms with van der Waals surface area (Å²) in [7, 11) is 0. The first-order valence-corrected chi connectivity index (χ1v) is 9.83. The van der Waals surface area contributed by atoms with Crippen LogP contribution >= 0.6 is 11.3 Å². The standard InChI is InChI=1S/C20H18FN3O3S/c21-14-5-3-13(4-6-14)19-23-16(12-28-19)18(25)22-15-7-9-24(10-8-15)20(26)17-2-1-11-27-17/h1-6,11-12,15H,7-10H2,(H,22,25). The number of piperidine rings is 1. The highest BCUT2D eigenvalue weighted by Crippen LogP contribution is 2.24. The van der Waals surface area contributed by atoms with Gasteiger partial charge >= 0.3 is 0 Å². The molecule has 6 nitrogen and oxygen atoms in total. The minimum Gasteiger partial charge on any atom is -0.459 e. The number of amides is 2. The maximum atomic E-state index is 13.0. The summed E-state index contributed by atoms with van der Waals surface area (Å²) >= 11 is 1.34. The Kier molecular flexibility index (Phi) is 5.21. The van der Waals surface area contributed by atoms with Crippen LogP contribution in [0.25, 0.3) is 10.6 Å². The summed E-state index contributed by atoms with van der Waals surface area (Å²) in [5, 5.41) is 5.36. The van der Waals surface area contributed by atoms with E-state index in [0.29, 0.717) is 42.4 Å². The normalized spacial score (nSPS) is 14.8. The Morgan fingerprint density at radius 3 is 2.61 bits per heavy atom. The fourth-order valence-corrected chi connectivity index (χ4v) is 3.95. The molecule has 0 unspecified atom stereocenters. The van der Waals surface area contributed by atoms with Crippen LogP contribution in [0.5, 0.6) is 0 Å². The van der Waals surface area contributed by atoms with E-state index >= 15 is 0 Å². The average Bonchev–Trinajstić information content (AvgIpc) is 3.41. The Labute approximate surface area is 165 Å². The van der Waals surface area contributed by atoms with Gasteiger partial charge < -0.3 is 14.6 Å². The van der Waals surface area contributed by atoms with Crippen LogP contribution < -0.4 is 5.32 Å². The first-order chi connectivity index (χ1) is 13.6. The summed E-state index contributed by atoms with van der Waals surface area (Å²) < 4.78 is 18.2. The van der Waals surface area contributed by atoms with Crippen LogP contribution in [0.2, 0.25) is 0 Å². The van der Waals surface area contributed by atoms with Gasteiger partial charge in [-0.25, -0.2) is 9.37 Å². The molecule has 28 heavy (non-hydrogen) atoms. The van der Waals surface area contributed by atoms with Crippen molar-refractivity contribution in [1.29, 1.82) is 0 Å². The number of hydrogen-bond donors (Lipinski definition) is 1. The number of benzene rings is 1. The SMILES string of the molecule is O=C(NC1CCN(C(=O)c2ccco2)CC1)c1csc(-c2ccc(F)cc2)n1. The molecule has 3 aromatic rings. The van der Waals surface area contributed by atoms with E-state index in [-0.39, 0.29) is 23.7 Å². The lowest BCUT2D eigenvalue weighted by molar-refractivity contribution is 0.0667. The number of furan rings is 1. The predicted octanol–water partition coefficient (Wildman–Crippen LogP) is 3.58. The molecule has 1 saturated heterocycles. The molecule has 1 aliphatic heterocycles. The number of thiazole rings is 1. The lowest BCUT2D eigenvalue weighted by Crippen LogP contribution is -2.46. The first kappa shape index (κ1) is 18.4. The topological polar surface area (TPSA) is 75.4 Å². The number of carbonyl (C=O) groups is 2. The summed E-state index contributed by atoms with van der Waals surface area (Å²) in [5.74, 6) is -0.341. The summed E-state index contributed by atoms with van der Waals surface area (Å²) in [6.07, 6.45) is 2.83. The van der Waals surface area contributed by atoms with Crippen molar-refractivity contribution in [2.75, 3.05) is 13.1 Å². The minimum atomic E-state index is -0.310. The van der Waals surface area contributed by atoms with Crippen molar-refractivity contribution in [3.05, 3.63) is 65.3 Å². The Morgan fingerprint density at radius 2 is 1.93 bits per heavy atom. The van der Waals surface area contributed by atoms with E-state index in [9.17, 15) is 14.0 Å². The lowest BCUT2D eigenvalue weighted by Gasteiger charge is -2.31. The predicted molar refractivity (Wildman–Crippen MR) is 103 cm³/mol. The Balaban J connectivity index is 1.32. The highest BCUT2D eigenvalue weighted by atomic mass is 32.1. The highest BCUT2D eigenvalue weighted by molar-refractivity contribution is 7.13.